The fourth-order valence-electron chi connectivity index (χ4n) is 3.79. The maximum absolute atomic E-state index is 3.53. The van der Waals surface area contributed by atoms with E-state index in [0.717, 1.165) is 0 Å². The molecule has 0 amide bonds. The summed E-state index contributed by atoms with van der Waals surface area (Å²) in [4.78, 5) is 3.53. The van der Waals surface area contributed by atoms with Crippen LogP contribution in [-0.4, -0.2) is 4.98 Å². The minimum absolute atomic E-state index is 0.0235. The van der Waals surface area contributed by atoms with Crippen LogP contribution >= 0.6 is 0 Å². The van der Waals surface area contributed by atoms with Gasteiger partial charge in [-0.05, 0) is 52.8 Å². The molecule has 0 saturated carbocycles. The van der Waals surface area contributed by atoms with Crippen molar-refractivity contribution in [3.8, 4) is 0 Å². The third kappa shape index (κ3) is 2.08. The number of aromatic nitrogens is 1. The summed E-state index contributed by atoms with van der Waals surface area (Å²) in [7, 11) is 0. The van der Waals surface area contributed by atoms with Crippen LogP contribution in [0.25, 0.3) is 22.6 Å². The average molecular weight is 299 g/mol. The maximum Gasteiger partial charge on any atom is 0.0458 e. The summed E-state index contributed by atoms with van der Waals surface area (Å²) in [6, 6.07) is 19.4. The number of rotatable bonds is 1. The molecule has 0 atom stereocenters. The Kier molecular flexibility index (Phi) is 3.05. The first kappa shape index (κ1) is 14.1. The first-order chi connectivity index (χ1) is 11.1. The monoisotopic (exact) mass is 299 g/mol. The fraction of sp³-hybridized carbons (Fsp3) is 0.182. The van der Waals surface area contributed by atoms with Crippen molar-refractivity contribution in [3.05, 3.63) is 83.1 Å². The van der Waals surface area contributed by atoms with Crippen molar-refractivity contribution in [2.45, 2.75) is 26.2 Å². The smallest absolute Gasteiger partial charge is 0.0458 e. The van der Waals surface area contributed by atoms with Gasteiger partial charge in [0.05, 0.1) is 0 Å². The van der Waals surface area contributed by atoms with Crippen molar-refractivity contribution in [2.75, 3.05) is 0 Å². The summed E-state index contributed by atoms with van der Waals surface area (Å²) in [5.74, 6) is 0. The van der Waals surface area contributed by atoms with Gasteiger partial charge in [0.2, 0.25) is 0 Å². The second-order valence-electron chi connectivity index (χ2n) is 6.74. The van der Waals surface area contributed by atoms with E-state index in [9.17, 15) is 0 Å². The number of fused-ring (bicyclic) bond motifs is 2. The lowest BCUT2D eigenvalue weighted by Crippen LogP contribution is -2.15. The predicted octanol–water partition coefficient (Wildman–Crippen LogP) is 5.95. The van der Waals surface area contributed by atoms with E-state index in [1.54, 1.807) is 0 Å². The number of benzene rings is 2. The standard InChI is InChI=1S/C22H21N/c1-4-17-18-10-6-7-11-19(18)22(2,3)20(17)14-16-13-15-9-5-8-12-21(15)23-16/h4-14,23H,1-3H3/b17-4-,20-14+. The van der Waals surface area contributed by atoms with Crippen molar-refractivity contribution in [2.24, 2.45) is 0 Å². The maximum atomic E-state index is 3.53. The zero-order valence-corrected chi connectivity index (χ0v) is 13.9. The summed E-state index contributed by atoms with van der Waals surface area (Å²) in [6.07, 6.45) is 4.55. The second-order valence-corrected chi connectivity index (χ2v) is 6.74. The van der Waals surface area contributed by atoms with Gasteiger partial charge in [-0.15, -0.1) is 0 Å². The Hall–Kier alpha value is -2.54. The van der Waals surface area contributed by atoms with Crippen molar-refractivity contribution in [1.29, 1.82) is 0 Å². The Bertz CT molecular complexity index is 918. The first-order valence-corrected chi connectivity index (χ1v) is 8.18. The molecule has 4 rings (SSSR count). The van der Waals surface area contributed by atoms with Crippen LogP contribution < -0.4 is 0 Å². The molecule has 1 aliphatic rings. The molecule has 0 bridgehead atoms. The van der Waals surface area contributed by atoms with Crippen LogP contribution in [-0.2, 0) is 5.41 Å². The third-order valence-electron chi connectivity index (χ3n) is 4.99. The van der Waals surface area contributed by atoms with Gasteiger partial charge in [0, 0.05) is 16.6 Å². The van der Waals surface area contributed by atoms with E-state index in [1.165, 1.54) is 38.9 Å². The Morgan fingerprint density at radius 2 is 1.70 bits per heavy atom. The number of aromatic amines is 1. The van der Waals surface area contributed by atoms with Gasteiger partial charge in [-0.1, -0.05) is 62.4 Å². The molecular formula is C22H21N. The highest BCUT2D eigenvalue weighted by molar-refractivity contribution is 5.94. The molecule has 2 aromatic carbocycles. The summed E-state index contributed by atoms with van der Waals surface area (Å²) in [5.41, 5.74) is 7.89. The zero-order valence-electron chi connectivity index (χ0n) is 13.9. The number of nitrogens with one attached hydrogen (secondary N) is 1. The number of para-hydroxylation sites is 1. The van der Waals surface area contributed by atoms with Gasteiger partial charge in [-0.2, -0.15) is 0 Å². The fourth-order valence-corrected chi connectivity index (χ4v) is 3.79. The van der Waals surface area contributed by atoms with Crippen molar-refractivity contribution in [3.63, 3.8) is 0 Å². The van der Waals surface area contributed by atoms with Crippen LogP contribution in [0, 0.1) is 0 Å². The number of hydrogen-bond acceptors (Lipinski definition) is 0. The average Bonchev–Trinajstić information content (AvgIpc) is 3.05. The lowest BCUT2D eigenvalue weighted by molar-refractivity contribution is 0.664. The van der Waals surface area contributed by atoms with Crippen LogP contribution in [0.5, 0.6) is 0 Å². The summed E-state index contributed by atoms with van der Waals surface area (Å²) in [6.45, 7) is 6.76. The molecule has 1 N–H and O–H groups in total. The second kappa shape index (κ2) is 4.99. The summed E-state index contributed by atoms with van der Waals surface area (Å²) >= 11 is 0. The van der Waals surface area contributed by atoms with Gasteiger partial charge >= 0.3 is 0 Å². The van der Waals surface area contributed by atoms with Crippen LogP contribution in [0.1, 0.15) is 37.6 Å². The molecule has 0 saturated heterocycles. The summed E-state index contributed by atoms with van der Waals surface area (Å²) < 4.78 is 0. The highest BCUT2D eigenvalue weighted by Gasteiger charge is 2.37. The molecule has 0 unspecified atom stereocenters. The van der Waals surface area contributed by atoms with E-state index in [1.807, 2.05) is 0 Å². The van der Waals surface area contributed by atoms with E-state index in [-0.39, 0.29) is 5.41 Å². The molecule has 114 valence electrons. The third-order valence-corrected chi connectivity index (χ3v) is 4.99. The summed E-state index contributed by atoms with van der Waals surface area (Å²) in [5, 5.41) is 1.26. The molecule has 23 heavy (non-hydrogen) atoms. The number of H-pyrrole nitrogens is 1. The molecule has 1 heterocycles. The lowest BCUT2D eigenvalue weighted by atomic mass is 9.81. The van der Waals surface area contributed by atoms with Crippen LogP contribution in [0.3, 0.4) is 0 Å². The molecule has 0 spiro atoms. The van der Waals surface area contributed by atoms with Gasteiger partial charge in [0.15, 0.2) is 0 Å². The van der Waals surface area contributed by atoms with Crippen molar-refractivity contribution >= 4 is 22.6 Å². The lowest BCUT2D eigenvalue weighted by Gasteiger charge is -2.22. The van der Waals surface area contributed by atoms with Gasteiger partial charge in [0.1, 0.15) is 0 Å². The van der Waals surface area contributed by atoms with Gasteiger partial charge in [0.25, 0.3) is 0 Å². The number of allylic oxidation sites excluding steroid dienone is 3. The highest BCUT2D eigenvalue weighted by atomic mass is 14.7. The van der Waals surface area contributed by atoms with E-state index in [0.29, 0.717) is 0 Å². The molecule has 1 nitrogen and oxygen atoms in total. The van der Waals surface area contributed by atoms with Crippen LogP contribution in [0.2, 0.25) is 0 Å². The highest BCUT2D eigenvalue weighted by Crippen LogP contribution is 2.50. The Labute approximate surface area is 137 Å². The molecule has 1 aliphatic carbocycles. The zero-order chi connectivity index (χ0) is 16.0. The van der Waals surface area contributed by atoms with Crippen molar-refractivity contribution < 1.29 is 0 Å². The first-order valence-electron chi connectivity index (χ1n) is 8.18. The van der Waals surface area contributed by atoms with Crippen molar-refractivity contribution in [1.82, 2.24) is 4.98 Å². The quantitative estimate of drug-likeness (QED) is 0.572. The molecule has 0 radical (unpaired) electrons. The molecule has 3 aromatic rings. The van der Waals surface area contributed by atoms with Gasteiger partial charge in [-0.3, -0.25) is 0 Å². The topological polar surface area (TPSA) is 15.8 Å². The van der Waals surface area contributed by atoms with E-state index in [4.69, 9.17) is 0 Å². The SMILES string of the molecule is C/C=C1\C(=C/c2cc3ccccc3[nH]2)C(C)(C)c2ccccc21. The predicted molar refractivity (Wildman–Crippen MR) is 99.4 cm³/mol. The molecule has 1 aromatic heterocycles. The van der Waals surface area contributed by atoms with E-state index >= 15 is 0 Å². The molecule has 0 aliphatic heterocycles. The Balaban J connectivity index is 1.91. The largest absolute Gasteiger partial charge is 0.355 e. The minimum Gasteiger partial charge on any atom is -0.355 e. The van der Waals surface area contributed by atoms with Crippen LogP contribution in [0.15, 0.2) is 66.2 Å². The van der Waals surface area contributed by atoms with E-state index in [2.05, 4.69) is 92.5 Å². The normalized spacial score (nSPS) is 19.6. The Morgan fingerprint density at radius 1 is 0.957 bits per heavy atom. The van der Waals surface area contributed by atoms with E-state index < -0.39 is 0 Å². The molecule has 1 heteroatoms. The minimum atomic E-state index is 0.0235. The molecular weight excluding hydrogens is 278 g/mol. The van der Waals surface area contributed by atoms with Crippen LogP contribution in [0.4, 0.5) is 0 Å². The number of hydrogen-bond donors (Lipinski definition) is 1. The Morgan fingerprint density at radius 3 is 2.48 bits per heavy atom. The van der Waals surface area contributed by atoms with Gasteiger partial charge < -0.3 is 4.98 Å². The van der Waals surface area contributed by atoms with Gasteiger partial charge in [-0.25, -0.2) is 0 Å². The molecule has 0 fully saturated rings.